The molecule has 4 heteroatoms. The minimum absolute atomic E-state index is 0.0417. The van der Waals surface area contributed by atoms with Gasteiger partial charge in [-0.3, -0.25) is 0 Å². The molecule has 0 aromatic rings. The van der Waals surface area contributed by atoms with E-state index in [4.69, 9.17) is 9.16 Å². The predicted octanol–water partition coefficient (Wildman–Crippen LogP) is 4.43. The van der Waals surface area contributed by atoms with E-state index in [0.717, 1.165) is 13.0 Å². The molecule has 0 aromatic heterocycles. The number of epoxide rings is 1. The van der Waals surface area contributed by atoms with Gasteiger partial charge in [-0.1, -0.05) is 47.3 Å². The molecule has 0 unspecified atom stereocenters. The van der Waals surface area contributed by atoms with E-state index < -0.39 is 16.4 Å². The van der Waals surface area contributed by atoms with Crippen molar-refractivity contribution < 1.29 is 9.16 Å². The summed E-state index contributed by atoms with van der Waals surface area (Å²) in [5.74, 6) is 0. The lowest BCUT2D eigenvalue weighted by molar-refractivity contribution is 0.172. The Morgan fingerprint density at radius 3 is 1.89 bits per heavy atom. The van der Waals surface area contributed by atoms with Crippen LogP contribution >= 0.6 is 0 Å². The Morgan fingerprint density at radius 1 is 1.11 bits per heavy atom. The average Bonchev–Trinajstić information content (AvgIpc) is 2.88. The van der Waals surface area contributed by atoms with Crippen molar-refractivity contribution in [3.63, 3.8) is 0 Å². The molecule has 0 saturated carbocycles. The molecule has 0 N–H and O–H groups in total. The molecule has 0 spiro atoms. The van der Waals surface area contributed by atoms with Crippen LogP contribution in [0.1, 0.15) is 34.1 Å². The number of ether oxygens (including phenoxy) is 1. The van der Waals surface area contributed by atoms with Crippen LogP contribution < -0.4 is 0 Å². The molecule has 1 rings (SSSR count). The Morgan fingerprint density at radius 2 is 1.61 bits per heavy atom. The summed E-state index contributed by atoms with van der Waals surface area (Å²) in [6.45, 7) is 21.7. The monoisotopic (exact) mass is 288 g/mol. The Hall–Kier alpha value is 0.354. The highest BCUT2D eigenvalue weighted by Gasteiger charge is 2.61. The lowest BCUT2D eigenvalue weighted by atomic mass is 10.1. The van der Waals surface area contributed by atoms with Gasteiger partial charge >= 0.3 is 0 Å². The molecule has 108 valence electrons. The number of hydrogen-bond donors (Lipinski definition) is 0. The summed E-state index contributed by atoms with van der Waals surface area (Å²) in [4.78, 5) is 0. The van der Waals surface area contributed by atoms with E-state index in [1.54, 1.807) is 0 Å². The summed E-state index contributed by atoms with van der Waals surface area (Å²) in [7, 11) is -2.85. The Balaban J connectivity index is 2.64. The maximum Gasteiger partial charge on any atom is 0.192 e. The third-order valence-corrected chi connectivity index (χ3v) is 11.3. The van der Waals surface area contributed by atoms with E-state index in [1.165, 1.54) is 0 Å². The number of rotatable bonds is 5. The van der Waals surface area contributed by atoms with Gasteiger partial charge in [-0.25, -0.2) is 0 Å². The number of hydrogen-bond acceptors (Lipinski definition) is 2. The second-order valence-corrected chi connectivity index (χ2v) is 18.4. The first-order valence-electron chi connectivity index (χ1n) is 7.17. The fraction of sp³-hybridized carbons (Fsp3) is 1.00. The van der Waals surface area contributed by atoms with Gasteiger partial charge in [-0.2, -0.15) is 0 Å². The first-order valence-corrected chi connectivity index (χ1v) is 13.7. The second-order valence-electron chi connectivity index (χ2n) is 8.33. The smallest absolute Gasteiger partial charge is 0.192 e. The minimum atomic E-state index is -1.64. The van der Waals surface area contributed by atoms with Crippen molar-refractivity contribution in [1.29, 1.82) is 0 Å². The first kappa shape index (κ1) is 16.4. The fourth-order valence-corrected chi connectivity index (χ4v) is 5.66. The van der Waals surface area contributed by atoms with Gasteiger partial charge < -0.3 is 9.16 Å². The Kier molecular flexibility index (Phi) is 4.30. The quantitative estimate of drug-likeness (QED) is 0.551. The molecule has 0 amide bonds. The van der Waals surface area contributed by atoms with Crippen LogP contribution in [0.15, 0.2) is 0 Å². The molecule has 2 nitrogen and oxygen atoms in total. The van der Waals surface area contributed by atoms with Gasteiger partial charge in [0.2, 0.25) is 0 Å². The van der Waals surface area contributed by atoms with Gasteiger partial charge in [-0.15, -0.1) is 0 Å². The summed E-state index contributed by atoms with van der Waals surface area (Å²) in [6.07, 6.45) is 1.08. The zero-order valence-corrected chi connectivity index (χ0v) is 15.8. The third kappa shape index (κ3) is 3.27. The van der Waals surface area contributed by atoms with Crippen molar-refractivity contribution >= 4 is 16.4 Å². The Bertz CT molecular complexity index is 302. The SMILES string of the molecule is CC[C@]1(CO[Si](C)(C)C(C)(C)C)O[C@@H]1[Si](C)(C)C. The van der Waals surface area contributed by atoms with E-state index in [1.807, 2.05) is 0 Å². The molecule has 1 heterocycles. The molecule has 0 aliphatic carbocycles. The van der Waals surface area contributed by atoms with Crippen LogP contribution in [0.5, 0.6) is 0 Å². The summed E-state index contributed by atoms with van der Waals surface area (Å²) in [5.41, 5.74) is 0.528. The molecule has 0 bridgehead atoms. The highest BCUT2D eigenvalue weighted by molar-refractivity contribution is 6.78. The standard InChI is InChI=1S/C14H32O2Si2/c1-10-14(12(16-14)17(5,6)7)11-15-18(8,9)13(2,3)4/h12H,10-11H2,1-9H3/t12-,14-/m1/s1. The van der Waals surface area contributed by atoms with Crippen molar-refractivity contribution in [1.82, 2.24) is 0 Å². The fourth-order valence-electron chi connectivity index (χ4n) is 2.17. The van der Waals surface area contributed by atoms with Crippen LogP contribution in [0.3, 0.4) is 0 Å². The molecule has 18 heavy (non-hydrogen) atoms. The van der Waals surface area contributed by atoms with Gasteiger partial charge in [0.05, 0.1) is 20.4 Å². The van der Waals surface area contributed by atoms with Crippen molar-refractivity contribution in [2.24, 2.45) is 0 Å². The normalized spacial score (nSPS) is 29.5. The van der Waals surface area contributed by atoms with Crippen LogP contribution in [0, 0.1) is 0 Å². The van der Waals surface area contributed by atoms with Crippen LogP contribution in [0.2, 0.25) is 37.8 Å². The zero-order valence-electron chi connectivity index (χ0n) is 13.8. The molecule has 1 aliphatic heterocycles. The predicted molar refractivity (Wildman–Crippen MR) is 84.4 cm³/mol. The third-order valence-electron chi connectivity index (χ3n) is 4.64. The lowest BCUT2D eigenvalue weighted by Gasteiger charge is -2.37. The van der Waals surface area contributed by atoms with Gasteiger partial charge in [0.15, 0.2) is 8.32 Å². The molecule has 0 aromatic carbocycles. The molecule has 1 saturated heterocycles. The highest BCUT2D eigenvalue weighted by Crippen LogP contribution is 2.47. The zero-order chi connectivity index (χ0) is 14.4. The van der Waals surface area contributed by atoms with E-state index in [2.05, 4.69) is 60.4 Å². The van der Waals surface area contributed by atoms with Crippen LogP contribution in [0.4, 0.5) is 0 Å². The molecular formula is C14H32O2Si2. The van der Waals surface area contributed by atoms with E-state index in [0.29, 0.717) is 5.73 Å². The Labute approximate surface area is 116 Å². The summed E-state index contributed by atoms with van der Waals surface area (Å²) >= 11 is 0. The van der Waals surface area contributed by atoms with E-state index in [9.17, 15) is 0 Å². The van der Waals surface area contributed by atoms with Crippen molar-refractivity contribution in [2.45, 2.75) is 83.2 Å². The maximum atomic E-state index is 6.37. The summed E-state index contributed by atoms with van der Waals surface area (Å²) in [5, 5.41) is 0.283. The molecule has 0 radical (unpaired) electrons. The molecule has 1 aliphatic rings. The van der Waals surface area contributed by atoms with Gasteiger partial charge in [-0.05, 0) is 24.6 Å². The average molecular weight is 289 g/mol. The second kappa shape index (κ2) is 4.72. The van der Waals surface area contributed by atoms with Crippen molar-refractivity contribution in [3.8, 4) is 0 Å². The van der Waals surface area contributed by atoms with Gasteiger partial charge in [0.1, 0.15) is 5.60 Å². The first-order chi connectivity index (χ1) is 7.86. The van der Waals surface area contributed by atoms with Gasteiger partial charge in [0, 0.05) is 0 Å². The van der Waals surface area contributed by atoms with Crippen molar-refractivity contribution in [2.75, 3.05) is 6.61 Å². The van der Waals surface area contributed by atoms with Crippen molar-refractivity contribution in [3.05, 3.63) is 0 Å². The van der Waals surface area contributed by atoms with E-state index in [-0.39, 0.29) is 10.6 Å². The maximum absolute atomic E-state index is 6.37. The summed E-state index contributed by atoms with van der Waals surface area (Å²) < 4.78 is 12.5. The van der Waals surface area contributed by atoms with Gasteiger partial charge in [0.25, 0.3) is 0 Å². The summed E-state index contributed by atoms with van der Waals surface area (Å²) in [6, 6.07) is 0. The molecular weight excluding hydrogens is 256 g/mol. The largest absolute Gasteiger partial charge is 0.414 e. The topological polar surface area (TPSA) is 21.8 Å². The lowest BCUT2D eigenvalue weighted by Crippen LogP contribution is -2.45. The van der Waals surface area contributed by atoms with Crippen LogP contribution in [0.25, 0.3) is 0 Å². The molecule has 1 fully saturated rings. The molecule has 2 atom stereocenters. The van der Waals surface area contributed by atoms with E-state index >= 15 is 0 Å². The highest BCUT2D eigenvalue weighted by atomic mass is 28.4. The van der Waals surface area contributed by atoms with Crippen LogP contribution in [-0.4, -0.2) is 34.3 Å². The minimum Gasteiger partial charge on any atom is -0.414 e. The van der Waals surface area contributed by atoms with Crippen LogP contribution in [-0.2, 0) is 9.16 Å².